The Morgan fingerprint density at radius 2 is 1.96 bits per heavy atom. The number of hydrogen-bond acceptors (Lipinski definition) is 4. The zero-order chi connectivity index (χ0) is 18.9. The zero-order valence-corrected chi connectivity index (χ0v) is 16.4. The Balaban J connectivity index is 2.43. The fourth-order valence-electron chi connectivity index (χ4n) is 2.33. The first-order chi connectivity index (χ1) is 12.6. The first kappa shape index (κ1) is 19.6. The van der Waals surface area contributed by atoms with Gasteiger partial charge in [0.1, 0.15) is 12.4 Å². The van der Waals surface area contributed by atoms with Crippen LogP contribution in [0.3, 0.4) is 0 Å². The molecule has 0 aliphatic carbocycles. The van der Waals surface area contributed by atoms with E-state index in [-0.39, 0.29) is 0 Å². The van der Waals surface area contributed by atoms with E-state index in [2.05, 4.69) is 28.6 Å². The van der Waals surface area contributed by atoms with Crippen LogP contribution in [0, 0.1) is 11.3 Å². The maximum absolute atomic E-state index is 9.55. The van der Waals surface area contributed by atoms with E-state index in [9.17, 15) is 5.26 Å². The molecule has 0 N–H and O–H groups in total. The molecule has 134 valence electrons. The van der Waals surface area contributed by atoms with E-state index >= 15 is 0 Å². The summed E-state index contributed by atoms with van der Waals surface area (Å²) in [5, 5.41) is 9.55. The van der Waals surface area contributed by atoms with Crippen LogP contribution >= 0.6 is 15.9 Å². The Bertz CT molecular complexity index is 836. The smallest absolute Gasteiger partial charge is 0.175 e. The van der Waals surface area contributed by atoms with Gasteiger partial charge in [-0.2, -0.15) is 5.26 Å². The molecule has 0 saturated heterocycles. The molecule has 5 heteroatoms. The molecule has 2 rings (SSSR count). The van der Waals surface area contributed by atoms with E-state index in [0.717, 1.165) is 21.3 Å². The summed E-state index contributed by atoms with van der Waals surface area (Å²) in [4.78, 5) is 0. The van der Waals surface area contributed by atoms with Crippen LogP contribution in [0.2, 0.25) is 0 Å². The van der Waals surface area contributed by atoms with Crippen molar-refractivity contribution in [2.45, 2.75) is 6.92 Å². The first-order valence-corrected chi connectivity index (χ1v) is 8.88. The Morgan fingerprint density at radius 1 is 1.23 bits per heavy atom. The second-order valence-electron chi connectivity index (χ2n) is 5.26. The lowest BCUT2D eigenvalue weighted by atomic mass is 10.0. The molecule has 0 aliphatic heterocycles. The van der Waals surface area contributed by atoms with Crippen LogP contribution in [-0.4, -0.2) is 20.3 Å². The molecule has 0 atom stereocenters. The minimum absolute atomic E-state index is 0.378. The second-order valence-corrected chi connectivity index (χ2v) is 6.12. The molecule has 0 spiro atoms. The monoisotopic (exact) mass is 413 g/mol. The van der Waals surface area contributed by atoms with Crippen LogP contribution in [0.15, 0.2) is 53.5 Å². The van der Waals surface area contributed by atoms with Crippen molar-refractivity contribution in [1.29, 1.82) is 5.26 Å². The van der Waals surface area contributed by atoms with Gasteiger partial charge in [-0.25, -0.2) is 0 Å². The molecule has 2 aromatic carbocycles. The summed E-state index contributed by atoms with van der Waals surface area (Å²) >= 11 is 3.52. The normalized spacial score (nSPS) is 10.8. The minimum atomic E-state index is 0.378. The molecular weight excluding hydrogens is 394 g/mol. The molecule has 2 aromatic rings. The van der Waals surface area contributed by atoms with Crippen molar-refractivity contribution < 1.29 is 14.2 Å². The van der Waals surface area contributed by atoms with Gasteiger partial charge in [0.2, 0.25) is 0 Å². The standard InChI is InChI=1S/C21H20BrNO3/c1-4-10-26-21-19(22)12-15(13-20(21)25-5-2)11-17(14-23)16-6-8-18(24-3)9-7-16/h4,6-9,11-13H,1,5,10H2,2-3H3/b17-11+. The predicted molar refractivity (Wildman–Crippen MR) is 107 cm³/mol. The van der Waals surface area contributed by atoms with E-state index in [0.29, 0.717) is 30.3 Å². The average molecular weight is 414 g/mol. The van der Waals surface area contributed by atoms with Gasteiger partial charge in [0.25, 0.3) is 0 Å². The van der Waals surface area contributed by atoms with E-state index in [1.54, 1.807) is 13.2 Å². The summed E-state index contributed by atoms with van der Waals surface area (Å²) in [5.74, 6) is 1.98. The minimum Gasteiger partial charge on any atom is -0.497 e. The van der Waals surface area contributed by atoms with Crippen molar-refractivity contribution in [3.8, 4) is 23.3 Å². The number of methoxy groups -OCH3 is 1. The highest BCUT2D eigenvalue weighted by Gasteiger charge is 2.12. The first-order valence-electron chi connectivity index (χ1n) is 8.09. The number of hydrogen-bond donors (Lipinski definition) is 0. The van der Waals surface area contributed by atoms with E-state index < -0.39 is 0 Å². The molecule has 0 fully saturated rings. The Kier molecular flexibility index (Phi) is 7.31. The number of halogens is 1. The van der Waals surface area contributed by atoms with Gasteiger partial charge >= 0.3 is 0 Å². The van der Waals surface area contributed by atoms with Crippen molar-refractivity contribution in [2.24, 2.45) is 0 Å². The third-order valence-electron chi connectivity index (χ3n) is 3.51. The number of nitriles is 1. The zero-order valence-electron chi connectivity index (χ0n) is 14.8. The van der Waals surface area contributed by atoms with E-state index in [1.165, 1.54) is 0 Å². The Labute approximate surface area is 162 Å². The highest BCUT2D eigenvalue weighted by atomic mass is 79.9. The molecule has 0 heterocycles. The van der Waals surface area contributed by atoms with Gasteiger partial charge in [-0.15, -0.1) is 0 Å². The van der Waals surface area contributed by atoms with Crippen LogP contribution in [0.1, 0.15) is 18.1 Å². The lowest BCUT2D eigenvalue weighted by Crippen LogP contribution is -2.00. The fourth-order valence-corrected chi connectivity index (χ4v) is 2.91. The molecule has 0 aliphatic rings. The second kappa shape index (κ2) is 9.69. The number of benzene rings is 2. The number of ether oxygens (including phenoxy) is 3. The third kappa shape index (κ3) is 4.90. The van der Waals surface area contributed by atoms with Crippen molar-refractivity contribution >= 4 is 27.6 Å². The van der Waals surface area contributed by atoms with Gasteiger partial charge in [-0.05, 0) is 76.5 Å². The van der Waals surface area contributed by atoms with E-state index in [1.807, 2.05) is 49.4 Å². The Hall–Kier alpha value is -2.71. The molecule has 0 unspecified atom stereocenters. The van der Waals surface area contributed by atoms with Crippen LogP contribution in [-0.2, 0) is 0 Å². The average Bonchev–Trinajstić information content (AvgIpc) is 2.66. The van der Waals surface area contributed by atoms with Crippen molar-refractivity contribution in [2.75, 3.05) is 20.3 Å². The largest absolute Gasteiger partial charge is 0.497 e. The summed E-state index contributed by atoms with van der Waals surface area (Å²) < 4.78 is 17.3. The highest BCUT2D eigenvalue weighted by Crippen LogP contribution is 2.38. The topological polar surface area (TPSA) is 51.5 Å². The lowest BCUT2D eigenvalue weighted by Gasteiger charge is -2.14. The van der Waals surface area contributed by atoms with Crippen LogP contribution in [0.4, 0.5) is 0 Å². The molecule has 0 amide bonds. The predicted octanol–water partition coefficient (Wildman–Crippen LogP) is 5.49. The SMILES string of the molecule is C=CCOc1c(Br)cc(/C=C(\C#N)c2ccc(OC)cc2)cc1OCC. The molecule has 0 bridgehead atoms. The molecular formula is C21H20BrNO3. The van der Waals surface area contributed by atoms with Gasteiger partial charge < -0.3 is 14.2 Å². The summed E-state index contributed by atoms with van der Waals surface area (Å²) in [6.07, 6.45) is 3.49. The van der Waals surface area contributed by atoms with Gasteiger partial charge in [-0.1, -0.05) is 12.7 Å². The molecule has 0 saturated carbocycles. The number of allylic oxidation sites excluding steroid dienone is 1. The van der Waals surface area contributed by atoms with Gasteiger partial charge in [-0.3, -0.25) is 0 Å². The summed E-state index contributed by atoms with van der Waals surface area (Å²) in [6, 6.07) is 13.4. The van der Waals surface area contributed by atoms with Crippen molar-refractivity contribution in [3.05, 3.63) is 64.7 Å². The molecule has 26 heavy (non-hydrogen) atoms. The molecule has 0 aromatic heterocycles. The fraction of sp³-hybridized carbons (Fsp3) is 0.190. The Morgan fingerprint density at radius 3 is 2.54 bits per heavy atom. The van der Waals surface area contributed by atoms with Crippen molar-refractivity contribution in [1.82, 2.24) is 0 Å². The molecule has 0 radical (unpaired) electrons. The lowest BCUT2D eigenvalue weighted by molar-refractivity contribution is 0.295. The maximum Gasteiger partial charge on any atom is 0.175 e. The number of nitrogens with zero attached hydrogens (tertiary/aromatic N) is 1. The van der Waals surface area contributed by atoms with Crippen LogP contribution in [0.5, 0.6) is 17.2 Å². The van der Waals surface area contributed by atoms with Crippen LogP contribution in [0.25, 0.3) is 11.6 Å². The summed E-state index contributed by atoms with van der Waals surface area (Å²) in [5.41, 5.74) is 2.19. The summed E-state index contributed by atoms with van der Waals surface area (Å²) in [7, 11) is 1.61. The quantitative estimate of drug-likeness (QED) is 0.326. The van der Waals surface area contributed by atoms with E-state index in [4.69, 9.17) is 14.2 Å². The van der Waals surface area contributed by atoms with Crippen molar-refractivity contribution in [3.63, 3.8) is 0 Å². The van der Waals surface area contributed by atoms with Gasteiger partial charge in [0.15, 0.2) is 11.5 Å². The van der Waals surface area contributed by atoms with Gasteiger partial charge in [0, 0.05) is 0 Å². The third-order valence-corrected chi connectivity index (χ3v) is 4.10. The van der Waals surface area contributed by atoms with Gasteiger partial charge in [0.05, 0.1) is 29.8 Å². The molecule has 4 nitrogen and oxygen atoms in total. The number of rotatable bonds is 8. The summed E-state index contributed by atoms with van der Waals surface area (Å²) in [6.45, 7) is 6.45. The maximum atomic E-state index is 9.55. The highest BCUT2D eigenvalue weighted by molar-refractivity contribution is 9.10. The van der Waals surface area contributed by atoms with Crippen LogP contribution < -0.4 is 14.2 Å².